The zero-order valence-electron chi connectivity index (χ0n) is 12.0. The summed E-state index contributed by atoms with van der Waals surface area (Å²) < 4.78 is 0. The van der Waals surface area contributed by atoms with E-state index in [-0.39, 0.29) is 0 Å². The molecule has 1 saturated heterocycles. The third-order valence-electron chi connectivity index (χ3n) is 3.67. The maximum absolute atomic E-state index is 4.73. The molecule has 3 heterocycles. The van der Waals surface area contributed by atoms with E-state index in [2.05, 4.69) is 34.3 Å². The minimum Gasteiger partial charge on any atom is -0.363 e. The number of rotatable bonds is 3. The molecule has 7 heteroatoms. The van der Waals surface area contributed by atoms with E-state index in [4.69, 9.17) is 4.98 Å². The number of aromatic nitrogens is 3. The van der Waals surface area contributed by atoms with Gasteiger partial charge in [-0.25, -0.2) is 4.98 Å². The lowest BCUT2D eigenvalue weighted by Gasteiger charge is -2.29. The Balaban J connectivity index is 1.83. The highest BCUT2D eigenvalue weighted by atomic mass is 32.1. The van der Waals surface area contributed by atoms with Crippen molar-refractivity contribution in [2.45, 2.75) is 26.7 Å². The molecule has 0 bridgehead atoms. The molecule has 0 amide bonds. The van der Waals surface area contributed by atoms with Crippen LogP contribution in [0.25, 0.3) is 9.88 Å². The minimum atomic E-state index is 0.841. The lowest BCUT2D eigenvalue weighted by molar-refractivity contribution is 0.438. The number of anilines is 2. The van der Waals surface area contributed by atoms with Gasteiger partial charge in [0.2, 0.25) is 5.13 Å². The summed E-state index contributed by atoms with van der Waals surface area (Å²) in [5.74, 6) is 0.841. The second-order valence-electron chi connectivity index (χ2n) is 5.24. The molecule has 1 N–H and O–H groups in total. The van der Waals surface area contributed by atoms with E-state index < -0.39 is 0 Å². The van der Waals surface area contributed by atoms with Crippen LogP contribution in [-0.4, -0.2) is 35.3 Å². The maximum Gasteiger partial charge on any atom is 0.205 e. The molecule has 20 heavy (non-hydrogen) atoms. The molecule has 0 spiro atoms. The van der Waals surface area contributed by atoms with Gasteiger partial charge in [-0.1, -0.05) is 29.6 Å². The van der Waals surface area contributed by atoms with Gasteiger partial charge in [0.25, 0.3) is 0 Å². The van der Waals surface area contributed by atoms with Crippen molar-refractivity contribution < 1.29 is 0 Å². The highest BCUT2D eigenvalue weighted by Crippen LogP contribution is 2.37. The average Bonchev–Trinajstić information content (AvgIpc) is 3.05. The van der Waals surface area contributed by atoms with Gasteiger partial charge in [-0.05, 0) is 25.7 Å². The lowest BCUT2D eigenvalue weighted by atomic mass is 10.00. The van der Waals surface area contributed by atoms with Crippen LogP contribution in [0.2, 0.25) is 0 Å². The van der Waals surface area contributed by atoms with Crippen molar-refractivity contribution in [2.24, 2.45) is 5.92 Å². The Kier molecular flexibility index (Phi) is 3.89. The normalized spacial score (nSPS) is 16.6. The first-order chi connectivity index (χ1) is 9.67. The van der Waals surface area contributed by atoms with Gasteiger partial charge in [-0.2, -0.15) is 0 Å². The molecule has 1 aliphatic heterocycles. The number of aryl methyl sites for hydroxylation is 1. The first kappa shape index (κ1) is 13.8. The molecule has 2 aromatic rings. The number of thiazole rings is 1. The summed E-state index contributed by atoms with van der Waals surface area (Å²) in [6.07, 6.45) is 2.52. The van der Waals surface area contributed by atoms with Crippen LogP contribution in [0.15, 0.2) is 0 Å². The summed E-state index contributed by atoms with van der Waals surface area (Å²) in [4.78, 5) is 8.29. The van der Waals surface area contributed by atoms with Crippen LogP contribution in [0.4, 0.5) is 10.3 Å². The van der Waals surface area contributed by atoms with E-state index >= 15 is 0 Å². The lowest BCUT2D eigenvalue weighted by Crippen LogP contribution is -2.32. The number of hydrogen-bond donors (Lipinski definition) is 1. The third-order valence-corrected chi connectivity index (χ3v) is 5.98. The molecule has 108 valence electrons. The van der Waals surface area contributed by atoms with Crippen molar-refractivity contribution in [3.8, 4) is 9.88 Å². The van der Waals surface area contributed by atoms with Crippen molar-refractivity contribution in [1.29, 1.82) is 0 Å². The molecule has 2 aromatic heterocycles. The summed E-state index contributed by atoms with van der Waals surface area (Å²) in [7, 11) is 1.87. The molecule has 5 nitrogen and oxygen atoms in total. The fourth-order valence-electron chi connectivity index (χ4n) is 2.33. The maximum atomic E-state index is 4.73. The van der Waals surface area contributed by atoms with E-state index in [1.54, 1.807) is 22.7 Å². The summed E-state index contributed by atoms with van der Waals surface area (Å²) in [6, 6.07) is 0. The number of nitrogens with one attached hydrogen (secondary N) is 1. The number of piperidine rings is 1. The predicted octanol–water partition coefficient (Wildman–Crippen LogP) is 3.25. The molecule has 1 aliphatic rings. The van der Waals surface area contributed by atoms with E-state index in [1.807, 2.05) is 7.05 Å². The minimum absolute atomic E-state index is 0.841. The van der Waals surface area contributed by atoms with Crippen molar-refractivity contribution in [2.75, 3.05) is 30.4 Å². The summed E-state index contributed by atoms with van der Waals surface area (Å²) in [6.45, 7) is 6.62. The van der Waals surface area contributed by atoms with E-state index in [1.165, 1.54) is 12.8 Å². The summed E-state index contributed by atoms with van der Waals surface area (Å²) >= 11 is 3.32. The SMILES string of the molecule is CNc1nnc(-c2sc(N3CCC(C)CC3)nc2C)s1. The van der Waals surface area contributed by atoms with Gasteiger partial charge in [0.05, 0.1) is 10.6 Å². The zero-order valence-corrected chi connectivity index (χ0v) is 13.6. The second kappa shape index (κ2) is 5.65. The fourth-order valence-corrected chi connectivity index (χ4v) is 4.27. The van der Waals surface area contributed by atoms with Crippen LogP contribution in [0.1, 0.15) is 25.5 Å². The molecule has 0 radical (unpaired) electrons. The Morgan fingerprint density at radius 3 is 2.60 bits per heavy atom. The quantitative estimate of drug-likeness (QED) is 0.943. The molecule has 0 aliphatic carbocycles. The topological polar surface area (TPSA) is 53.9 Å². The van der Waals surface area contributed by atoms with Crippen molar-refractivity contribution in [1.82, 2.24) is 15.2 Å². The highest BCUT2D eigenvalue weighted by Gasteiger charge is 2.21. The standard InChI is InChI=1S/C13H19N5S2/c1-8-4-6-18(7-5-8)13-15-9(2)10(19-13)11-16-17-12(14-3)20-11/h8H,4-7H2,1-3H3,(H,14,17). The van der Waals surface area contributed by atoms with Gasteiger partial charge in [0.1, 0.15) is 0 Å². The van der Waals surface area contributed by atoms with Crippen LogP contribution in [0, 0.1) is 12.8 Å². The molecule has 0 unspecified atom stereocenters. The van der Waals surface area contributed by atoms with Crippen LogP contribution < -0.4 is 10.2 Å². The Morgan fingerprint density at radius 2 is 1.95 bits per heavy atom. The zero-order chi connectivity index (χ0) is 14.1. The fraction of sp³-hybridized carbons (Fsp3) is 0.615. The summed E-state index contributed by atoms with van der Waals surface area (Å²) in [5.41, 5.74) is 1.06. The Labute approximate surface area is 127 Å². The molecular formula is C13H19N5S2. The van der Waals surface area contributed by atoms with Gasteiger partial charge >= 0.3 is 0 Å². The van der Waals surface area contributed by atoms with E-state index in [9.17, 15) is 0 Å². The molecule has 0 aromatic carbocycles. The van der Waals surface area contributed by atoms with Gasteiger partial charge < -0.3 is 10.2 Å². The van der Waals surface area contributed by atoms with E-state index in [0.29, 0.717) is 0 Å². The third kappa shape index (κ3) is 2.64. The molecule has 3 rings (SSSR count). The van der Waals surface area contributed by atoms with Crippen LogP contribution in [0.5, 0.6) is 0 Å². The Bertz CT molecular complexity index is 583. The average molecular weight is 309 g/mol. The van der Waals surface area contributed by atoms with Crippen molar-refractivity contribution >= 4 is 32.9 Å². The first-order valence-corrected chi connectivity index (χ1v) is 8.54. The summed E-state index contributed by atoms with van der Waals surface area (Å²) in [5, 5.41) is 14.3. The van der Waals surface area contributed by atoms with Crippen molar-refractivity contribution in [3.05, 3.63) is 5.69 Å². The van der Waals surface area contributed by atoms with Gasteiger partial charge in [0, 0.05) is 20.1 Å². The van der Waals surface area contributed by atoms with Crippen LogP contribution in [0.3, 0.4) is 0 Å². The predicted molar refractivity (Wildman–Crippen MR) is 85.9 cm³/mol. The van der Waals surface area contributed by atoms with Gasteiger partial charge in [-0.3, -0.25) is 0 Å². The van der Waals surface area contributed by atoms with Gasteiger partial charge in [-0.15, -0.1) is 10.2 Å². The molecule has 0 saturated carbocycles. The molecule has 0 atom stereocenters. The van der Waals surface area contributed by atoms with Crippen LogP contribution in [-0.2, 0) is 0 Å². The largest absolute Gasteiger partial charge is 0.363 e. The number of hydrogen-bond acceptors (Lipinski definition) is 7. The van der Waals surface area contributed by atoms with Crippen molar-refractivity contribution in [3.63, 3.8) is 0 Å². The first-order valence-electron chi connectivity index (χ1n) is 6.91. The molecular weight excluding hydrogens is 290 g/mol. The smallest absolute Gasteiger partial charge is 0.205 e. The Hall–Kier alpha value is -1.21. The molecule has 1 fully saturated rings. The number of nitrogens with zero attached hydrogens (tertiary/aromatic N) is 4. The second-order valence-corrected chi connectivity index (χ2v) is 7.20. The highest BCUT2D eigenvalue weighted by molar-refractivity contribution is 7.25. The monoisotopic (exact) mass is 309 g/mol. The van der Waals surface area contributed by atoms with Gasteiger partial charge in [0.15, 0.2) is 10.1 Å². The van der Waals surface area contributed by atoms with Crippen LogP contribution >= 0.6 is 22.7 Å². The van der Waals surface area contributed by atoms with E-state index in [0.717, 1.165) is 44.8 Å². The Morgan fingerprint density at radius 1 is 1.20 bits per heavy atom.